The Hall–Kier alpha value is -3.69. The number of carbonyl (C=O) groups is 2. The Kier molecular flexibility index (Phi) is 10.7. The zero-order valence-electron chi connectivity index (χ0n) is 20.8. The average molecular weight is 525 g/mol. The molecule has 37 heavy (non-hydrogen) atoms. The third kappa shape index (κ3) is 8.44. The standard InChI is InChI=1S/C28H32N2O6S/c1-35-27(31)26(19-11-12-20-29-28(32)36-22-24-15-7-3-8-16-24)30(21-23-13-5-2-6-14-23)37(33,34)25-17-9-4-10-18-25/h2-10,13-18,26H,11-12,19-22H2,1H3,(H,29,32). The predicted molar refractivity (Wildman–Crippen MR) is 140 cm³/mol. The van der Waals surface area contributed by atoms with Gasteiger partial charge in [0.1, 0.15) is 12.6 Å². The lowest BCUT2D eigenvalue weighted by Gasteiger charge is -2.29. The van der Waals surface area contributed by atoms with E-state index in [0.717, 1.165) is 11.1 Å². The van der Waals surface area contributed by atoms with Gasteiger partial charge in [-0.15, -0.1) is 0 Å². The van der Waals surface area contributed by atoms with Crippen molar-refractivity contribution in [1.29, 1.82) is 0 Å². The normalized spacial score (nSPS) is 12.1. The molecule has 0 bridgehead atoms. The van der Waals surface area contributed by atoms with Crippen molar-refractivity contribution < 1.29 is 27.5 Å². The van der Waals surface area contributed by atoms with Crippen molar-refractivity contribution in [2.45, 2.75) is 43.4 Å². The first-order valence-electron chi connectivity index (χ1n) is 12.0. The van der Waals surface area contributed by atoms with Crippen LogP contribution in [0.1, 0.15) is 30.4 Å². The maximum Gasteiger partial charge on any atom is 0.407 e. The van der Waals surface area contributed by atoms with Crippen molar-refractivity contribution in [3.8, 4) is 0 Å². The molecule has 3 aromatic carbocycles. The van der Waals surface area contributed by atoms with Gasteiger partial charge in [0.05, 0.1) is 12.0 Å². The largest absolute Gasteiger partial charge is 0.468 e. The van der Waals surface area contributed by atoms with Gasteiger partial charge in [-0.1, -0.05) is 78.9 Å². The van der Waals surface area contributed by atoms with Crippen LogP contribution in [0.15, 0.2) is 95.9 Å². The number of hydrogen-bond acceptors (Lipinski definition) is 6. The van der Waals surface area contributed by atoms with Gasteiger partial charge in [-0.25, -0.2) is 13.2 Å². The van der Waals surface area contributed by atoms with Crippen LogP contribution < -0.4 is 5.32 Å². The lowest BCUT2D eigenvalue weighted by molar-refractivity contribution is -0.145. The molecule has 1 atom stereocenters. The first-order valence-corrected chi connectivity index (χ1v) is 13.5. The Morgan fingerprint density at radius 2 is 1.41 bits per heavy atom. The van der Waals surface area contributed by atoms with Crippen LogP contribution in [0.5, 0.6) is 0 Å². The number of rotatable bonds is 13. The molecule has 3 rings (SSSR count). The lowest BCUT2D eigenvalue weighted by atomic mass is 10.1. The van der Waals surface area contributed by atoms with Crippen LogP contribution in [-0.4, -0.2) is 44.5 Å². The highest BCUT2D eigenvalue weighted by atomic mass is 32.2. The second-order valence-electron chi connectivity index (χ2n) is 8.37. The molecule has 0 saturated heterocycles. The number of sulfonamides is 1. The molecule has 0 aliphatic heterocycles. The van der Waals surface area contributed by atoms with Gasteiger partial charge < -0.3 is 14.8 Å². The summed E-state index contributed by atoms with van der Waals surface area (Å²) in [5.41, 5.74) is 1.63. The molecule has 0 saturated carbocycles. The molecule has 196 valence electrons. The van der Waals surface area contributed by atoms with Gasteiger partial charge in [0.15, 0.2) is 0 Å². The molecular formula is C28H32N2O6S. The van der Waals surface area contributed by atoms with Crippen LogP contribution in [0, 0.1) is 0 Å². The maximum absolute atomic E-state index is 13.6. The molecular weight excluding hydrogens is 492 g/mol. The fourth-order valence-electron chi connectivity index (χ4n) is 3.80. The summed E-state index contributed by atoms with van der Waals surface area (Å²) in [5, 5.41) is 2.69. The van der Waals surface area contributed by atoms with E-state index in [1.807, 2.05) is 60.7 Å². The van der Waals surface area contributed by atoms with Crippen LogP contribution in [-0.2, 0) is 37.4 Å². The summed E-state index contributed by atoms with van der Waals surface area (Å²) in [6, 6.07) is 25.5. The Bertz CT molecular complexity index is 1220. The Morgan fingerprint density at radius 3 is 2.00 bits per heavy atom. The number of alkyl carbamates (subject to hydrolysis) is 1. The molecule has 9 heteroatoms. The molecule has 1 N–H and O–H groups in total. The van der Waals surface area contributed by atoms with Crippen molar-refractivity contribution in [2.75, 3.05) is 13.7 Å². The highest BCUT2D eigenvalue weighted by molar-refractivity contribution is 7.89. The molecule has 1 unspecified atom stereocenters. The molecule has 0 heterocycles. The topological polar surface area (TPSA) is 102 Å². The van der Waals surface area contributed by atoms with E-state index in [-0.39, 0.29) is 24.5 Å². The fraction of sp³-hybridized carbons (Fsp3) is 0.286. The number of amides is 1. The van der Waals surface area contributed by atoms with E-state index >= 15 is 0 Å². The molecule has 0 spiro atoms. The minimum absolute atomic E-state index is 0.0158. The summed E-state index contributed by atoms with van der Waals surface area (Å²) in [6.45, 7) is 0.510. The van der Waals surface area contributed by atoms with Crippen LogP contribution in [0.25, 0.3) is 0 Å². The Morgan fingerprint density at radius 1 is 0.838 bits per heavy atom. The molecule has 8 nitrogen and oxygen atoms in total. The fourth-order valence-corrected chi connectivity index (χ4v) is 5.41. The summed E-state index contributed by atoms with van der Waals surface area (Å²) in [6.07, 6.45) is 0.699. The summed E-state index contributed by atoms with van der Waals surface area (Å²) >= 11 is 0. The summed E-state index contributed by atoms with van der Waals surface area (Å²) in [7, 11) is -2.76. The van der Waals surface area contributed by atoms with E-state index in [1.54, 1.807) is 18.2 Å². The molecule has 1 amide bonds. The molecule has 3 aromatic rings. The monoisotopic (exact) mass is 524 g/mol. The summed E-state index contributed by atoms with van der Waals surface area (Å²) in [5.74, 6) is -0.634. The van der Waals surface area contributed by atoms with E-state index in [2.05, 4.69) is 5.32 Å². The van der Waals surface area contributed by atoms with Gasteiger partial charge in [0.2, 0.25) is 10.0 Å². The van der Waals surface area contributed by atoms with Gasteiger partial charge in [-0.05, 0) is 42.5 Å². The molecule has 0 fully saturated rings. The van der Waals surface area contributed by atoms with Crippen molar-refractivity contribution in [3.63, 3.8) is 0 Å². The minimum Gasteiger partial charge on any atom is -0.468 e. The third-order valence-corrected chi connectivity index (χ3v) is 7.61. The lowest BCUT2D eigenvalue weighted by Crippen LogP contribution is -2.45. The first kappa shape index (κ1) is 27.9. The smallest absolute Gasteiger partial charge is 0.407 e. The second-order valence-corrected chi connectivity index (χ2v) is 10.3. The van der Waals surface area contributed by atoms with E-state index in [9.17, 15) is 18.0 Å². The maximum atomic E-state index is 13.6. The van der Waals surface area contributed by atoms with Gasteiger partial charge in [0, 0.05) is 13.1 Å². The molecule has 0 aliphatic carbocycles. The van der Waals surface area contributed by atoms with Gasteiger partial charge in [-0.3, -0.25) is 4.79 Å². The minimum atomic E-state index is -4.00. The van der Waals surface area contributed by atoms with Crippen LogP contribution in [0.4, 0.5) is 4.79 Å². The van der Waals surface area contributed by atoms with Crippen molar-refractivity contribution >= 4 is 22.1 Å². The van der Waals surface area contributed by atoms with Crippen molar-refractivity contribution in [2.24, 2.45) is 0 Å². The SMILES string of the molecule is COC(=O)C(CCCCNC(=O)OCc1ccccc1)N(Cc1ccccc1)S(=O)(=O)c1ccccc1. The van der Waals surface area contributed by atoms with E-state index in [0.29, 0.717) is 19.4 Å². The number of carbonyl (C=O) groups excluding carboxylic acids is 2. The van der Waals surface area contributed by atoms with Crippen LogP contribution in [0.3, 0.4) is 0 Å². The number of ether oxygens (including phenoxy) is 2. The third-order valence-electron chi connectivity index (χ3n) is 5.74. The number of esters is 1. The Labute approximate surface area is 218 Å². The van der Waals surface area contributed by atoms with Crippen LogP contribution >= 0.6 is 0 Å². The van der Waals surface area contributed by atoms with Gasteiger partial charge in [0.25, 0.3) is 0 Å². The number of nitrogens with one attached hydrogen (secondary N) is 1. The van der Waals surface area contributed by atoms with Crippen molar-refractivity contribution in [3.05, 3.63) is 102 Å². The van der Waals surface area contributed by atoms with E-state index in [1.165, 1.54) is 23.5 Å². The van der Waals surface area contributed by atoms with E-state index in [4.69, 9.17) is 9.47 Å². The molecule has 0 aromatic heterocycles. The number of hydrogen-bond donors (Lipinski definition) is 1. The van der Waals surface area contributed by atoms with Crippen molar-refractivity contribution in [1.82, 2.24) is 9.62 Å². The second kappa shape index (κ2) is 14.2. The zero-order valence-corrected chi connectivity index (χ0v) is 21.6. The average Bonchev–Trinajstić information content (AvgIpc) is 2.94. The highest BCUT2D eigenvalue weighted by Crippen LogP contribution is 2.24. The summed E-state index contributed by atoms with van der Waals surface area (Å²) in [4.78, 5) is 24.9. The van der Waals surface area contributed by atoms with Crippen LogP contribution in [0.2, 0.25) is 0 Å². The first-order chi connectivity index (χ1) is 17.9. The highest BCUT2D eigenvalue weighted by Gasteiger charge is 2.36. The Balaban J connectivity index is 1.64. The molecule has 0 aliphatic rings. The number of nitrogens with zero attached hydrogens (tertiary/aromatic N) is 1. The summed E-state index contributed by atoms with van der Waals surface area (Å²) < 4.78 is 38.6. The van der Waals surface area contributed by atoms with E-state index < -0.39 is 28.1 Å². The number of methoxy groups -OCH3 is 1. The van der Waals surface area contributed by atoms with Gasteiger partial charge in [-0.2, -0.15) is 4.31 Å². The number of unbranched alkanes of at least 4 members (excludes halogenated alkanes) is 1. The van der Waals surface area contributed by atoms with Gasteiger partial charge >= 0.3 is 12.1 Å². The predicted octanol–water partition coefficient (Wildman–Crippen LogP) is 4.52. The zero-order chi connectivity index (χ0) is 26.5. The quantitative estimate of drug-likeness (QED) is 0.261. The molecule has 0 radical (unpaired) electrons. The number of benzene rings is 3.